The van der Waals surface area contributed by atoms with Gasteiger partial charge in [0.2, 0.25) is 0 Å². The summed E-state index contributed by atoms with van der Waals surface area (Å²) in [4.78, 5) is 11.5. The van der Waals surface area contributed by atoms with E-state index < -0.39 is 6.03 Å². The van der Waals surface area contributed by atoms with E-state index in [0.717, 1.165) is 22.6 Å². The van der Waals surface area contributed by atoms with E-state index >= 15 is 0 Å². The molecular weight excluding hydrogens is 308 g/mol. The average Bonchev–Trinajstić information content (AvgIpc) is 2.63. The van der Waals surface area contributed by atoms with Crippen LogP contribution in [0.1, 0.15) is 11.1 Å². The lowest BCUT2D eigenvalue weighted by atomic mass is 10.2. The predicted octanol–water partition coefficient (Wildman–Crippen LogP) is 2.37. The highest BCUT2D eigenvalue weighted by Gasteiger charge is 1.95. The van der Waals surface area contributed by atoms with E-state index in [-0.39, 0.29) is 0 Å². The molecule has 0 radical (unpaired) electrons. The van der Waals surface area contributed by atoms with Gasteiger partial charge in [0.05, 0.1) is 26.6 Å². The first-order valence-electron chi connectivity index (χ1n) is 7.11. The largest absolute Gasteiger partial charge is 0.497 e. The average molecular weight is 326 g/mol. The number of urea groups is 1. The number of hydrogen-bond donors (Lipinski definition) is 2. The summed E-state index contributed by atoms with van der Waals surface area (Å²) in [5, 5.41) is 7.65. The van der Waals surface area contributed by atoms with Crippen molar-refractivity contribution in [1.82, 2.24) is 10.9 Å². The molecule has 0 aliphatic carbocycles. The summed E-state index contributed by atoms with van der Waals surface area (Å²) in [5.41, 5.74) is 6.30. The Bertz CT molecular complexity index is 648. The molecule has 2 N–H and O–H groups in total. The Kier molecular flexibility index (Phi) is 6.34. The van der Waals surface area contributed by atoms with Crippen LogP contribution in [-0.2, 0) is 0 Å². The molecule has 0 aromatic heterocycles. The van der Waals surface area contributed by atoms with E-state index in [1.165, 1.54) is 12.4 Å². The highest BCUT2D eigenvalue weighted by Crippen LogP contribution is 2.10. The molecule has 2 aromatic carbocycles. The zero-order valence-corrected chi connectivity index (χ0v) is 13.4. The Morgan fingerprint density at radius 3 is 1.50 bits per heavy atom. The van der Waals surface area contributed by atoms with Crippen molar-refractivity contribution in [3.63, 3.8) is 0 Å². The number of nitrogens with one attached hydrogen (secondary N) is 2. The van der Waals surface area contributed by atoms with E-state index in [9.17, 15) is 4.79 Å². The molecule has 0 heterocycles. The molecule has 24 heavy (non-hydrogen) atoms. The first-order valence-corrected chi connectivity index (χ1v) is 7.11. The first-order chi connectivity index (χ1) is 11.7. The minimum atomic E-state index is -0.537. The molecule has 0 atom stereocenters. The number of carbonyl (C=O) groups excluding carboxylic acids is 1. The number of carbonyl (C=O) groups is 1. The lowest BCUT2D eigenvalue weighted by Crippen LogP contribution is -2.28. The van der Waals surface area contributed by atoms with Crippen LogP contribution in [0.2, 0.25) is 0 Å². The molecule has 0 saturated carbocycles. The van der Waals surface area contributed by atoms with E-state index in [1.807, 2.05) is 24.3 Å². The molecule has 7 nitrogen and oxygen atoms in total. The summed E-state index contributed by atoms with van der Waals surface area (Å²) in [7, 11) is 3.20. The van der Waals surface area contributed by atoms with Crippen LogP contribution >= 0.6 is 0 Å². The Hall–Kier alpha value is -3.35. The van der Waals surface area contributed by atoms with Crippen molar-refractivity contribution in [3.8, 4) is 11.5 Å². The Balaban J connectivity index is 1.77. The number of amides is 2. The molecule has 0 aliphatic heterocycles. The summed E-state index contributed by atoms with van der Waals surface area (Å²) in [6, 6.07) is 14.0. The maximum Gasteiger partial charge on any atom is 0.355 e. The van der Waals surface area contributed by atoms with Crippen LogP contribution in [-0.4, -0.2) is 32.7 Å². The van der Waals surface area contributed by atoms with Gasteiger partial charge in [0.1, 0.15) is 11.5 Å². The fourth-order valence-corrected chi connectivity index (χ4v) is 1.74. The molecule has 2 aromatic rings. The first kappa shape index (κ1) is 17.0. The summed E-state index contributed by atoms with van der Waals surface area (Å²) in [6.07, 6.45) is 3.04. The van der Waals surface area contributed by atoms with Crippen LogP contribution in [0.15, 0.2) is 58.7 Å². The van der Waals surface area contributed by atoms with Crippen molar-refractivity contribution < 1.29 is 14.3 Å². The SMILES string of the molecule is COc1ccc(/C=N\NC(=O)N/N=C\c2ccc(OC)cc2)cc1. The fourth-order valence-electron chi connectivity index (χ4n) is 1.74. The monoisotopic (exact) mass is 326 g/mol. The fraction of sp³-hybridized carbons (Fsp3) is 0.118. The number of ether oxygens (including phenoxy) is 2. The third-order valence-electron chi connectivity index (χ3n) is 2.99. The molecule has 2 amide bonds. The second-order valence-electron chi connectivity index (χ2n) is 4.62. The van der Waals surface area contributed by atoms with Gasteiger partial charge < -0.3 is 9.47 Å². The molecule has 2 rings (SSSR count). The van der Waals surface area contributed by atoms with Crippen LogP contribution < -0.4 is 20.3 Å². The van der Waals surface area contributed by atoms with Crippen molar-refractivity contribution in [3.05, 3.63) is 59.7 Å². The molecule has 0 aliphatic rings. The van der Waals surface area contributed by atoms with Crippen LogP contribution in [0, 0.1) is 0 Å². The Labute approximate surface area is 140 Å². The van der Waals surface area contributed by atoms with Gasteiger partial charge in [-0.1, -0.05) is 0 Å². The molecule has 0 unspecified atom stereocenters. The third kappa shape index (κ3) is 5.45. The van der Waals surface area contributed by atoms with Gasteiger partial charge in [-0.15, -0.1) is 0 Å². The third-order valence-corrected chi connectivity index (χ3v) is 2.99. The van der Waals surface area contributed by atoms with Crippen molar-refractivity contribution in [2.45, 2.75) is 0 Å². The van der Waals surface area contributed by atoms with Gasteiger partial charge in [0, 0.05) is 0 Å². The van der Waals surface area contributed by atoms with Gasteiger partial charge in [-0.25, -0.2) is 15.6 Å². The van der Waals surface area contributed by atoms with Gasteiger partial charge in [-0.3, -0.25) is 0 Å². The van der Waals surface area contributed by atoms with Gasteiger partial charge in [0.15, 0.2) is 0 Å². The molecular formula is C17H18N4O3. The van der Waals surface area contributed by atoms with E-state index in [2.05, 4.69) is 21.1 Å². The van der Waals surface area contributed by atoms with Crippen molar-refractivity contribution in [2.24, 2.45) is 10.2 Å². The second kappa shape index (κ2) is 8.94. The minimum absolute atomic E-state index is 0.537. The molecule has 0 saturated heterocycles. The van der Waals surface area contributed by atoms with Crippen molar-refractivity contribution in [2.75, 3.05) is 14.2 Å². The molecule has 0 bridgehead atoms. The van der Waals surface area contributed by atoms with Crippen molar-refractivity contribution >= 4 is 18.5 Å². The molecule has 0 fully saturated rings. The van der Waals surface area contributed by atoms with Crippen LogP contribution in [0.3, 0.4) is 0 Å². The number of nitrogens with zero attached hydrogens (tertiary/aromatic N) is 2. The topological polar surface area (TPSA) is 84.3 Å². The van der Waals surface area contributed by atoms with Gasteiger partial charge in [-0.05, 0) is 59.7 Å². The van der Waals surface area contributed by atoms with Crippen LogP contribution in [0.5, 0.6) is 11.5 Å². The highest BCUT2D eigenvalue weighted by molar-refractivity contribution is 5.83. The summed E-state index contributed by atoms with van der Waals surface area (Å²) in [6.45, 7) is 0. The highest BCUT2D eigenvalue weighted by atomic mass is 16.5. The number of methoxy groups -OCH3 is 2. The normalized spacial score (nSPS) is 10.8. The van der Waals surface area contributed by atoms with E-state index in [4.69, 9.17) is 9.47 Å². The van der Waals surface area contributed by atoms with Gasteiger partial charge in [-0.2, -0.15) is 10.2 Å². The summed E-state index contributed by atoms with van der Waals surface area (Å²) >= 11 is 0. The zero-order valence-electron chi connectivity index (χ0n) is 13.4. The minimum Gasteiger partial charge on any atom is -0.497 e. The lowest BCUT2D eigenvalue weighted by Gasteiger charge is -2.00. The lowest BCUT2D eigenvalue weighted by molar-refractivity contribution is 0.242. The summed E-state index contributed by atoms with van der Waals surface area (Å²) < 4.78 is 10.1. The molecule has 124 valence electrons. The van der Waals surface area contributed by atoms with Crippen LogP contribution in [0.25, 0.3) is 0 Å². The van der Waals surface area contributed by atoms with E-state index in [0.29, 0.717) is 0 Å². The second-order valence-corrected chi connectivity index (χ2v) is 4.62. The molecule has 7 heteroatoms. The number of benzene rings is 2. The van der Waals surface area contributed by atoms with Gasteiger partial charge >= 0.3 is 6.03 Å². The number of hydrogen-bond acceptors (Lipinski definition) is 5. The molecule has 0 spiro atoms. The Morgan fingerprint density at radius 2 is 1.17 bits per heavy atom. The standard InChI is InChI=1S/C17H18N4O3/c1-23-15-7-3-13(4-8-15)11-18-20-17(22)21-19-12-14-5-9-16(24-2)10-6-14/h3-12H,1-2H3,(H2,20,21,22)/b18-11-,19-12-. The van der Waals surface area contributed by atoms with Gasteiger partial charge in [0.25, 0.3) is 0 Å². The van der Waals surface area contributed by atoms with E-state index in [1.54, 1.807) is 38.5 Å². The number of rotatable bonds is 6. The Morgan fingerprint density at radius 1 is 0.792 bits per heavy atom. The maximum absolute atomic E-state index is 11.5. The number of hydrazone groups is 2. The zero-order chi connectivity index (χ0) is 17.2. The maximum atomic E-state index is 11.5. The van der Waals surface area contributed by atoms with Crippen molar-refractivity contribution in [1.29, 1.82) is 0 Å². The predicted molar refractivity (Wildman–Crippen MR) is 92.8 cm³/mol. The van der Waals surface area contributed by atoms with Crippen LogP contribution in [0.4, 0.5) is 4.79 Å². The smallest absolute Gasteiger partial charge is 0.355 e. The summed E-state index contributed by atoms with van der Waals surface area (Å²) in [5.74, 6) is 1.51. The quantitative estimate of drug-likeness (QED) is 0.631.